The van der Waals surface area contributed by atoms with Crippen molar-refractivity contribution in [3.63, 3.8) is 0 Å². The Kier molecular flexibility index (Phi) is 16.4. The first-order chi connectivity index (χ1) is 11.0. The van der Waals surface area contributed by atoms with E-state index in [4.69, 9.17) is 18.9 Å². The van der Waals surface area contributed by atoms with Gasteiger partial charge in [-0.05, 0) is 20.9 Å². The maximum Gasteiger partial charge on any atom is 0.0701 e. The largest absolute Gasteiger partial charge is 0.378 e. The maximum absolute atomic E-state index is 5.52. The molecule has 0 aromatic heterocycles. The third-order valence-electron chi connectivity index (χ3n) is 3.38. The summed E-state index contributed by atoms with van der Waals surface area (Å²) in [5.41, 5.74) is 0. The van der Waals surface area contributed by atoms with Crippen molar-refractivity contribution < 1.29 is 18.9 Å². The summed E-state index contributed by atoms with van der Waals surface area (Å²) in [5, 5.41) is 3.30. The molecule has 0 aromatic carbocycles. The second-order valence-electron chi connectivity index (χ2n) is 6.13. The zero-order chi connectivity index (χ0) is 17.3. The molecule has 0 aliphatic heterocycles. The van der Waals surface area contributed by atoms with Crippen molar-refractivity contribution in [2.75, 3.05) is 73.0 Å². The Balaban J connectivity index is 3.05. The zero-order valence-electron chi connectivity index (χ0n) is 15.8. The van der Waals surface area contributed by atoms with Crippen molar-refractivity contribution in [2.45, 2.75) is 39.8 Å². The fourth-order valence-corrected chi connectivity index (χ4v) is 1.65. The van der Waals surface area contributed by atoms with Crippen LogP contribution in [0.3, 0.4) is 0 Å². The molecule has 0 bridgehead atoms. The van der Waals surface area contributed by atoms with Crippen molar-refractivity contribution in [3.8, 4) is 0 Å². The molecule has 0 aliphatic carbocycles. The summed E-state index contributed by atoms with van der Waals surface area (Å²) < 4.78 is 21.8. The van der Waals surface area contributed by atoms with E-state index >= 15 is 0 Å². The molecule has 0 amide bonds. The quantitative estimate of drug-likeness (QED) is 0.406. The summed E-state index contributed by atoms with van der Waals surface area (Å²) in [4.78, 5) is 2.26. The molecule has 0 rings (SSSR count). The number of hydrogen-bond donors (Lipinski definition) is 1. The van der Waals surface area contributed by atoms with Crippen molar-refractivity contribution >= 4 is 0 Å². The molecular formula is C17H38N2O4. The molecule has 6 nitrogen and oxygen atoms in total. The van der Waals surface area contributed by atoms with Crippen LogP contribution >= 0.6 is 0 Å². The lowest BCUT2D eigenvalue weighted by molar-refractivity contribution is -0.00364. The third-order valence-corrected chi connectivity index (χ3v) is 3.38. The predicted octanol–water partition coefficient (Wildman–Crippen LogP) is 1.39. The van der Waals surface area contributed by atoms with Gasteiger partial charge in [0.05, 0.1) is 52.9 Å². The summed E-state index contributed by atoms with van der Waals surface area (Å²) >= 11 is 0. The van der Waals surface area contributed by atoms with E-state index in [-0.39, 0.29) is 0 Å². The number of rotatable bonds is 17. The SMILES string of the molecule is CC(C)NCCOCCOCCOCCOCCN(C)C(C)C. The van der Waals surface area contributed by atoms with Crippen LogP contribution in [0.15, 0.2) is 0 Å². The minimum Gasteiger partial charge on any atom is -0.378 e. The summed E-state index contributed by atoms with van der Waals surface area (Å²) in [6.45, 7) is 15.6. The minimum absolute atomic E-state index is 0.507. The summed E-state index contributed by atoms with van der Waals surface area (Å²) in [7, 11) is 2.10. The molecule has 0 saturated heterocycles. The number of nitrogens with zero attached hydrogens (tertiary/aromatic N) is 1. The molecular weight excluding hydrogens is 296 g/mol. The maximum atomic E-state index is 5.52. The highest BCUT2D eigenvalue weighted by Gasteiger charge is 2.01. The van der Waals surface area contributed by atoms with Gasteiger partial charge in [0.1, 0.15) is 0 Å². The van der Waals surface area contributed by atoms with Gasteiger partial charge in [0.2, 0.25) is 0 Å². The van der Waals surface area contributed by atoms with Crippen molar-refractivity contribution in [1.82, 2.24) is 10.2 Å². The van der Waals surface area contributed by atoms with Crippen LogP contribution in [-0.4, -0.2) is 90.0 Å². The molecule has 0 radical (unpaired) electrons. The molecule has 0 spiro atoms. The van der Waals surface area contributed by atoms with E-state index in [1.807, 2.05) is 0 Å². The second-order valence-corrected chi connectivity index (χ2v) is 6.13. The van der Waals surface area contributed by atoms with Crippen LogP contribution in [0.4, 0.5) is 0 Å². The summed E-state index contributed by atoms with van der Waals surface area (Å²) in [6.07, 6.45) is 0. The van der Waals surface area contributed by atoms with Gasteiger partial charge in [0, 0.05) is 25.2 Å². The van der Waals surface area contributed by atoms with Gasteiger partial charge in [-0.3, -0.25) is 0 Å². The van der Waals surface area contributed by atoms with E-state index in [1.54, 1.807) is 0 Å². The van der Waals surface area contributed by atoms with Crippen LogP contribution in [0.2, 0.25) is 0 Å². The van der Waals surface area contributed by atoms with Crippen LogP contribution in [0.25, 0.3) is 0 Å². The monoisotopic (exact) mass is 334 g/mol. The molecule has 0 unspecified atom stereocenters. The highest BCUT2D eigenvalue weighted by atomic mass is 16.6. The first-order valence-electron chi connectivity index (χ1n) is 8.78. The lowest BCUT2D eigenvalue weighted by Crippen LogP contribution is -2.30. The molecule has 0 aromatic rings. The average Bonchev–Trinajstić information content (AvgIpc) is 2.50. The summed E-state index contributed by atoms with van der Waals surface area (Å²) in [6, 6.07) is 1.06. The van der Waals surface area contributed by atoms with Gasteiger partial charge in [-0.1, -0.05) is 13.8 Å². The highest BCUT2D eigenvalue weighted by Crippen LogP contribution is 1.92. The number of nitrogens with one attached hydrogen (secondary N) is 1. The van der Waals surface area contributed by atoms with Gasteiger partial charge in [-0.2, -0.15) is 0 Å². The van der Waals surface area contributed by atoms with Gasteiger partial charge < -0.3 is 29.2 Å². The second kappa shape index (κ2) is 16.6. The molecule has 0 saturated carbocycles. The lowest BCUT2D eigenvalue weighted by Gasteiger charge is -2.20. The minimum atomic E-state index is 0.507. The topological polar surface area (TPSA) is 52.2 Å². The van der Waals surface area contributed by atoms with E-state index < -0.39 is 0 Å². The number of hydrogen-bond acceptors (Lipinski definition) is 6. The Morgan fingerprint density at radius 1 is 0.696 bits per heavy atom. The van der Waals surface area contributed by atoms with Gasteiger partial charge in [-0.15, -0.1) is 0 Å². The predicted molar refractivity (Wildman–Crippen MR) is 94.2 cm³/mol. The Hall–Kier alpha value is -0.240. The van der Waals surface area contributed by atoms with E-state index in [0.717, 1.165) is 26.3 Å². The van der Waals surface area contributed by atoms with Crippen molar-refractivity contribution in [2.24, 2.45) is 0 Å². The van der Waals surface area contributed by atoms with Crippen LogP contribution < -0.4 is 5.32 Å². The van der Waals surface area contributed by atoms with Crippen molar-refractivity contribution in [3.05, 3.63) is 0 Å². The fraction of sp³-hybridized carbons (Fsp3) is 1.00. The zero-order valence-corrected chi connectivity index (χ0v) is 15.8. The Labute approximate surface area is 142 Å². The number of likely N-dealkylation sites (N-methyl/N-ethyl adjacent to an activating group) is 1. The van der Waals surface area contributed by atoms with E-state index in [0.29, 0.717) is 51.7 Å². The highest BCUT2D eigenvalue weighted by molar-refractivity contribution is 4.55. The van der Waals surface area contributed by atoms with Crippen LogP contribution in [0, 0.1) is 0 Å². The molecule has 1 N–H and O–H groups in total. The molecule has 0 atom stereocenters. The molecule has 0 aliphatic rings. The van der Waals surface area contributed by atoms with Crippen LogP contribution in [-0.2, 0) is 18.9 Å². The molecule has 0 fully saturated rings. The van der Waals surface area contributed by atoms with Gasteiger partial charge >= 0.3 is 0 Å². The van der Waals surface area contributed by atoms with Gasteiger partial charge in [0.15, 0.2) is 0 Å². The molecule has 0 heterocycles. The Morgan fingerprint density at radius 3 is 1.57 bits per heavy atom. The molecule has 23 heavy (non-hydrogen) atoms. The fourth-order valence-electron chi connectivity index (χ4n) is 1.65. The van der Waals surface area contributed by atoms with Gasteiger partial charge in [-0.25, -0.2) is 0 Å². The molecule has 140 valence electrons. The smallest absolute Gasteiger partial charge is 0.0701 e. The average molecular weight is 335 g/mol. The van der Waals surface area contributed by atoms with Crippen LogP contribution in [0.5, 0.6) is 0 Å². The lowest BCUT2D eigenvalue weighted by atomic mass is 10.3. The summed E-state index contributed by atoms with van der Waals surface area (Å²) in [5.74, 6) is 0. The number of ether oxygens (including phenoxy) is 4. The first kappa shape index (κ1) is 22.8. The first-order valence-corrected chi connectivity index (χ1v) is 8.78. The van der Waals surface area contributed by atoms with E-state index in [1.165, 1.54) is 0 Å². The molecule has 6 heteroatoms. The third kappa shape index (κ3) is 17.9. The van der Waals surface area contributed by atoms with E-state index in [9.17, 15) is 0 Å². The van der Waals surface area contributed by atoms with Crippen LogP contribution in [0.1, 0.15) is 27.7 Å². The van der Waals surface area contributed by atoms with Gasteiger partial charge in [0.25, 0.3) is 0 Å². The standard InChI is InChI=1S/C17H38N2O4/c1-16(2)18-6-8-20-10-12-22-14-15-23-13-11-21-9-7-19(5)17(3)4/h16-18H,6-15H2,1-5H3. The normalized spacial score (nSPS) is 12.0. The Morgan fingerprint density at radius 2 is 1.13 bits per heavy atom. The Bertz CT molecular complexity index is 241. The van der Waals surface area contributed by atoms with E-state index in [2.05, 4.69) is 45.0 Å². The van der Waals surface area contributed by atoms with Crippen molar-refractivity contribution in [1.29, 1.82) is 0 Å².